The van der Waals surface area contributed by atoms with Gasteiger partial charge in [-0.1, -0.05) is 65.0 Å². The van der Waals surface area contributed by atoms with E-state index in [2.05, 4.69) is 88.1 Å². The van der Waals surface area contributed by atoms with Gasteiger partial charge in [0.25, 0.3) is 0 Å². The van der Waals surface area contributed by atoms with Gasteiger partial charge in [-0.05, 0) is 76.4 Å². The fraction of sp³-hybridized carbons (Fsp3) is 0.290. The summed E-state index contributed by atoms with van der Waals surface area (Å²) < 4.78 is 6.22. The smallest absolute Gasteiger partial charge is 0.230 e. The number of hydrogen-bond donors (Lipinski definition) is 1. The molecular formula is C31H32N2O2. The van der Waals surface area contributed by atoms with Crippen LogP contribution in [0.2, 0.25) is 0 Å². The molecule has 0 bridgehead atoms. The highest BCUT2D eigenvalue weighted by atomic mass is 16.3. The molecule has 0 saturated heterocycles. The van der Waals surface area contributed by atoms with Crippen LogP contribution in [-0.4, -0.2) is 15.1 Å². The lowest BCUT2D eigenvalue weighted by Crippen LogP contribution is -2.12. The van der Waals surface area contributed by atoms with Crippen LogP contribution in [0.1, 0.15) is 59.1 Å². The van der Waals surface area contributed by atoms with E-state index in [1.54, 1.807) is 13.3 Å². The average molecular weight is 465 g/mol. The Balaban J connectivity index is 1.75. The van der Waals surface area contributed by atoms with Gasteiger partial charge in [-0.25, -0.2) is 9.97 Å². The van der Waals surface area contributed by atoms with Crippen LogP contribution in [0.5, 0.6) is 0 Å². The van der Waals surface area contributed by atoms with Crippen LogP contribution in [-0.2, 0) is 5.41 Å². The van der Waals surface area contributed by atoms with Crippen molar-refractivity contribution in [2.24, 2.45) is 5.92 Å². The molecule has 2 heterocycles. The fourth-order valence-electron chi connectivity index (χ4n) is 4.96. The van der Waals surface area contributed by atoms with E-state index < -0.39 is 0 Å². The lowest BCUT2D eigenvalue weighted by Gasteiger charge is -2.22. The van der Waals surface area contributed by atoms with Gasteiger partial charge in [0.1, 0.15) is 11.9 Å². The highest BCUT2D eigenvalue weighted by Gasteiger charge is 2.21. The van der Waals surface area contributed by atoms with E-state index in [1.807, 2.05) is 6.07 Å². The SMILES string of the molecule is C/C(O)=C(\CC(C)C)c1ccc2c(c1)oc1ncnc(-c3cc(C(C)(C)C)c4ccccc4c3)c12. The Morgan fingerprint density at radius 1 is 0.971 bits per heavy atom. The summed E-state index contributed by atoms with van der Waals surface area (Å²) in [5.74, 6) is 0.779. The molecule has 3 aromatic carbocycles. The normalized spacial score (nSPS) is 13.2. The number of benzene rings is 3. The molecule has 0 atom stereocenters. The van der Waals surface area contributed by atoms with Gasteiger partial charge in [-0.2, -0.15) is 0 Å². The number of furan rings is 1. The van der Waals surface area contributed by atoms with Crippen molar-refractivity contribution < 1.29 is 9.52 Å². The predicted octanol–water partition coefficient (Wildman–Crippen LogP) is 8.83. The summed E-state index contributed by atoms with van der Waals surface area (Å²) in [6, 6.07) is 19.1. The van der Waals surface area contributed by atoms with Crippen molar-refractivity contribution in [3.8, 4) is 11.3 Å². The zero-order valence-electron chi connectivity index (χ0n) is 21.3. The van der Waals surface area contributed by atoms with Crippen LogP contribution >= 0.6 is 0 Å². The zero-order chi connectivity index (χ0) is 24.9. The maximum atomic E-state index is 10.3. The van der Waals surface area contributed by atoms with Gasteiger partial charge in [0.2, 0.25) is 5.71 Å². The number of aliphatic hydroxyl groups is 1. The second-order valence-corrected chi connectivity index (χ2v) is 10.9. The first-order valence-electron chi connectivity index (χ1n) is 12.2. The van der Waals surface area contributed by atoms with Gasteiger partial charge in [-0.15, -0.1) is 0 Å². The first-order valence-corrected chi connectivity index (χ1v) is 12.2. The average Bonchev–Trinajstić information content (AvgIpc) is 3.18. The highest BCUT2D eigenvalue weighted by molar-refractivity contribution is 6.11. The summed E-state index contributed by atoms with van der Waals surface area (Å²) in [4.78, 5) is 9.19. The molecule has 4 nitrogen and oxygen atoms in total. The van der Waals surface area contributed by atoms with Gasteiger partial charge < -0.3 is 9.52 Å². The van der Waals surface area contributed by atoms with E-state index in [9.17, 15) is 5.11 Å². The number of hydrogen-bond acceptors (Lipinski definition) is 4. The van der Waals surface area contributed by atoms with Crippen molar-refractivity contribution >= 4 is 38.4 Å². The topological polar surface area (TPSA) is 59.2 Å². The Labute approximate surface area is 206 Å². The summed E-state index contributed by atoms with van der Waals surface area (Å²) in [7, 11) is 0. The maximum absolute atomic E-state index is 10.3. The van der Waals surface area contributed by atoms with Gasteiger partial charge in [0, 0.05) is 10.9 Å². The predicted molar refractivity (Wildman–Crippen MR) is 146 cm³/mol. The standard InChI is InChI=1S/C31H32N2O2/c1-18(2)13-25(19(3)34)21-11-12-24-27(16-21)35-30-28(24)29(32-17-33-30)22-14-20-9-7-8-10-23(20)26(15-22)31(4,5)6/h7-12,14-18,34H,13H2,1-6H3/b25-19-. The molecule has 1 N–H and O–H groups in total. The summed E-state index contributed by atoms with van der Waals surface area (Å²) in [6.45, 7) is 12.8. The third kappa shape index (κ3) is 4.18. The number of nitrogens with zero attached hydrogens (tertiary/aromatic N) is 2. The number of rotatable bonds is 4. The van der Waals surface area contributed by atoms with Gasteiger partial charge in [-0.3, -0.25) is 0 Å². The summed E-state index contributed by atoms with van der Waals surface area (Å²) in [5, 5.41) is 14.7. The fourth-order valence-corrected chi connectivity index (χ4v) is 4.96. The van der Waals surface area contributed by atoms with Crippen LogP contribution in [0.15, 0.2) is 71.1 Å². The summed E-state index contributed by atoms with van der Waals surface area (Å²) >= 11 is 0. The molecule has 0 amide bonds. The molecule has 0 aliphatic heterocycles. The van der Waals surface area contributed by atoms with Crippen molar-refractivity contribution in [1.29, 1.82) is 0 Å². The van der Waals surface area contributed by atoms with Crippen LogP contribution < -0.4 is 0 Å². The van der Waals surface area contributed by atoms with Gasteiger partial charge >= 0.3 is 0 Å². The molecular weight excluding hydrogens is 432 g/mol. The minimum Gasteiger partial charge on any atom is -0.512 e. The minimum absolute atomic E-state index is 0.0174. The van der Waals surface area contributed by atoms with E-state index in [4.69, 9.17) is 9.40 Å². The Hall–Kier alpha value is -3.66. The Morgan fingerprint density at radius 2 is 1.74 bits per heavy atom. The number of fused-ring (bicyclic) bond motifs is 4. The molecule has 0 radical (unpaired) electrons. The minimum atomic E-state index is -0.0174. The lowest BCUT2D eigenvalue weighted by molar-refractivity contribution is 0.413. The molecule has 0 unspecified atom stereocenters. The molecule has 0 aliphatic carbocycles. The van der Waals surface area contributed by atoms with Crippen molar-refractivity contribution in [1.82, 2.24) is 9.97 Å². The van der Waals surface area contributed by atoms with E-state index >= 15 is 0 Å². The van der Waals surface area contributed by atoms with Gasteiger partial charge in [0.15, 0.2) is 0 Å². The molecule has 0 fully saturated rings. The van der Waals surface area contributed by atoms with Crippen LogP contribution in [0.25, 0.3) is 49.7 Å². The number of allylic oxidation sites excluding steroid dienone is 2. The highest BCUT2D eigenvalue weighted by Crippen LogP contribution is 2.39. The first kappa shape index (κ1) is 23.1. The van der Waals surface area contributed by atoms with Crippen molar-refractivity contribution in [2.45, 2.75) is 53.4 Å². The number of aliphatic hydroxyl groups excluding tert-OH is 1. The Morgan fingerprint density at radius 3 is 2.46 bits per heavy atom. The van der Waals surface area contributed by atoms with E-state index in [-0.39, 0.29) is 5.41 Å². The van der Waals surface area contributed by atoms with Crippen molar-refractivity contribution in [3.05, 3.63) is 77.8 Å². The van der Waals surface area contributed by atoms with E-state index in [0.29, 0.717) is 17.4 Å². The largest absolute Gasteiger partial charge is 0.512 e. The molecule has 0 spiro atoms. The monoisotopic (exact) mass is 464 g/mol. The molecule has 4 heteroatoms. The second kappa shape index (κ2) is 8.53. The first-order chi connectivity index (χ1) is 16.6. The van der Waals surface area contributed by atoms with Crippen LogP contribution in [0, 0.1) is 5.92 Å². The Bertz CT molecular complexity index is 1600. The van der Waals surface area contributed by atoms with Crippen molar-refractivity contribution in [3.63, 3.8) is 0 Å². The number of aromatic nitrogens is 2. The van der Waals surface area contributed by atoms with Crippen molar-refractivity contribution in [2.75, 3.05) is 0 Å². The molecule has 178 valence electrons. The lowest BCUT2D eigenvalue weighted by atomic mass is 9.82. The third-order valence-corrected chi connectivity index (χ3v) is 6.61. The maximum Gasteiger partial charge on any atom is 0.230 e. The van der Waals surface area contributed by atoms with E-state index in [0.717, 1.165) is 45.2 Å². The second-order valence-electron chi connectivity index (χ2n) is 10.9. The van der Waals surface area contributed by atoms with E-state index in [1.165, 1.54) is 16.3 Å². The van der Waals surface area contributed by atoms with Crippen LogP contribution in [0.4, 0.5) is 0 Å². The molecule has 5 rings (SSSR count). The quantitative estimate of drug-likeness (QED) is 0.270. The Kier molecular flexibility index (Phi) is 5.63. The molecule has 0 aliphatic rings. The summed E-state index contributed by atoms with van der Waals surface area (Å²) in [5.41, 5.74) is 6.43. The van der Waals surface area contributed by atoms with Crippen LogP contribution in [0.3, 0.4) is 0 Å². The molecule has 5 aromatic rings. The zero-order valence-corrected chi connectivity index (χ0v) is 21.3. The van der Waals surface area contributed by atoms with Gasteiger partial charge in [0.05, 0.1) is 16.8 Å². The molecule has 2 aromatic heterocycles. The third-order valence-electron chi connectivity index (χ3n) is 6.61. The molecule has 0 saturated carbocycles. The summed E-state index contributed by atoms with van der Waals surface area (Å²) in [6.07, 6.45) is 2.38. The molecule has 35 heavy (non-hydrogen) atoms.